The van der Waals surface area contributed by atoms with Crippen LogP contribution in [-0.2, 0) is 28.2 Å². The van der Waals surface area contributed by atoms with Crippen molar-refractivity contribution in [2.24, 2.45) is 7.05 Å². The molecule has 1 unspecified atom stereocenters. The maximum atomic E-state index is 11.2. The van der Waals surface area contributed by atoms with Crippen molar-refractivity contribution in [2.45, 2.75) is 6.54 Å². The Hall–Kier alpha value is -3.21. The number of aryl methyl sites for hydroxylation is 1. The van der Waals surface area contributed by atoms with Crippen LogP contribution in [0.25, 0.3) is 33.6 Å². The van der Waals surface area contributed by atoms with Gasteiger partial charge >= 0.3 is 0 Å². The summed E-state index contributed by atoms with van der Waals surface area (Å²) in [6, 6.07) is 8.04. The molecule has 10 heteroatoms. The van der Waals surface area contributed by atoms with Crippen LogP contribution < -0.4 is 4.72 Å². The molecule has 0 radical (unpaired) electrons. The van der Waals surface area contributed by atoms with E-state index in [2.05, 4.69) is 24.9 Å². The molecular weight excluding hydrogens is 402 g/mol. The van der Waals surface area contributed by atoms with E-state index in [1.165, 1.54) is 6.26 Å². The van der Waals surface area contributed by atoms with Crippen molar-refractivity contribution in [3.8, 4) is 33.6 Å². The normalized spacial score (nSPS) is 13.3. The molecule has 0 saturated heterocycles. The molecule has 0 aliphatic rings. The third-order valence-electron chi connectivity index (χ3n) is 4.49. The maximum Gasteiger partial charge on any atom is 0.285 e. The van der Waals surface area contributed by atoms with Crippen LogP contribution in [0.3, 0.4) is 0 Å². The van der Waals surface area contributed by atoms with Crippen molar-refractivity contribution in [1.82, 2.24) is 34.3 Å². The van der Waals surface area contributed by atoms with Crippen LogP contribution in [0, 0.1) is 0 Å². The first-order valence-electron chi connectivity index (χ1n) is 9.28. The fourth-order valence-corrected chi connectivity index (χ4v) is 3.49. The lowest BCUT2D eigenvalue weighted by Gasteiger charge is -2.04. The van der Waals surface area contributed by atoms with Crippen LogP contribution in [0.4, 0.5) is 0 Å². The molecule has 3 aromatic heterocycles. The molecule has 30 heavy (non-hydrogen) atoms. The second-order valence-electron chi connectivity index (χ2n) is 6.97. The van der Waals surface area contributed by atoms with E-state index in [0.29, 0.717) is 18.9 Å². The van der Waals surface area contributed by atoms with Crippen molar-refractivity contribution < 1.29 is 8.76 Å². The van der Waals surface area contributed by atoms with Gasteiger partial charge in [-0.1, -0.05) is 18.2 Å². The first-order valence-corrected chi connectivity index (χ1v) is 11.2. The Morgan fingerprint density at radius 1 is 0.967 bits per heavy atom. The van der Waals surface area contributed by atoms with Gasteiger partial charge in [0, 0.05) is 54.1 Å². The van der Waals surface area contributed by atoms with Gasteiger partial charge in [0.1, 0.15) is 0 Å². The van der Waals surface area contributed by atoms with Crippen LogP contribution in [0.5, 0.6) is 0 Å². The van der Waals surface area contributed by atoms with Crippen molar-refractivity contribution in [1.29, 1.82) is 0 Å². The van der Waals surface area contributed by atoms with E-state index >= 15 is 0 Å². The molecule has 9 nitrogen and oxygen atoms in total. The first kappa shape index (κ1) is 20.1. The quantitative estimate of drug-likeness (QED) is 0.441. The molecule has 0 aliphatic heterocycles. The molecule has 2 N–H and O–H groups in total. The van der Waals surface area contributed by atoms with Crippen LogP contribution in [0.2, 0.25) is 0 Å². The Morgan fingerprint density at radius 2 is 1.67 bits per heavy atom. The van der Waals surface area contributed by atoms with Crippen LogP contribution in [0.15, 0.2) is 61.4 Å². The summed E-state index contributed by atoms with van der Waals surface area (Å²) >= 11 is 0. The van der Waals surface area contributed by atoms with Crippen LogP contribution in [0.1, 0.15) is 0 Å². The van der Waals surface area contributed by atoms with Gasteiger partial charge in [-0.3, -0.25) is 9.36 Å². The molecular formula is C20H22N7O2S+. The fraction of sp³-hybridized carbons (Fsp3) is 0.200. The van der Waals surface area contributed by atoms with Crippen molar-refractivity contribution in [3.05, 3.63) is 61.4 Å². The molecule has 4 aromatic rings. The fourth-order valence-electron chi connectivity index (χ4n) is 3.02. The molecule has 3 heterocycles. The highest BCUT2D eigenvalue weighted by Crippen LogP contribution is 2.25. The molecule has 0 amide bonds. The molecule has 1 aromatic carbocycles. The SMILES string of the molecule is Cn1cc(-c2cccc(-c3ncc(-c4cnn(CCN[S+](C)(=O)O)c4)cn3)c2)cn1. The molecule has 0 spiro atoms. The smallest absolute Gasteiger partial charge is 0.275 e. The number of benzene rings is 1. The summed E-state index contributed by atoms with van der Waals surface area (Å²) in [6.45, 7) is 0.821. The molecule has 154 valence electrons. The summed E-state index contributed by atoms with van der Waals surface area (Å²) < 4.78 is 26.5. The molecule has 0 saturated carbocycles. The maximum absolute atomic E-state index is 11.2. The predicted octanol–water partition coefficient (Wildman–Crippen LogP) is 2.51. The number of hydrogen-bond acceptors (Lipinski definition) is 5. The Labute approximate surface area is 175 Å². The van der Waals surface area contributed by atoms with Gasteiger partial charge in [0.2, 0.25) is 0 Å². The lowest BCUT2D eigenvalue weighted by molar-refractivity contribution is 0.483. The van der Waals surface area contributed by atoms with E-state index < -0.39 is 10.4 Å². The highest BCUT2D eigenvalue weighted by molar-refractivity contribution is 7.95. The van der Waals surface area contributed by atoms with Gasteiger partial charge in [-0.15, -0.1) is 4.72 Å². The van der Waals surface area contributed by atoms with Gasteiger partial charge in [0.25, 0.3) is 10.4 Å². The second-order valence-corrected chi connectivity index (χ2v) is 8.86. The van der Waals surface area contributed by atoms with Gasteiger partial charge in [-0.2, -0.15) is 14.8 Å². The van der Waals surface area contributed by atoms with Gasteiger partial charge in [0.15, 0.2) is 12.1 Å². The Kier molecular flexibility index (Phi) is 5.53. The Balaban J connectivity index is 1.48. The average molecular weight is 425 g/mol. The number of nitrogens with zero attached hydrogens (tertiary/aromatic N) is 6. The van der Waals surface area contributed by atoms with Gasteiger partial charge < -0.3 is 0 Å². The largest absolute Gasteiger partial charge is 0.285 e. The Bertz CT molecular complexity index is 1190. The summed E-state index contributed by atoms with van der Waals surface area (Å²) in [5, 5.41) is 8.50. The topological polar surface area (TPSA) is 111 Å². The summed E-state index contributed by atoms with van der Waals surface area (Å²) in [4.78, 5) is 9.03. The average Bonchev–Trinajstić information content (AvgIpc) is 3.37. The van der Waals surface area contributed by atoms with Gasteiger partial charge in [-0.25, -0.2) is 9.97 Å². The minimum Gasteiger partial charge on any atom is -0.275 e. The predicted molar refractivity (Wildman–Crippen MR) is 115 cm³/mol. The Morgan fingerprint density at radius 3 is 2.37 bits per heavy atom. The zero-order valence-corrected chi connectivity index (χ0v) is 17.5. The van der Waals surface area contributed by atoms with E-state index in [4.69, 9.17) is 0 Å². The molecule has 0 fully saturated rings. The molecule has 1 atom stereocenters. The standard InChI is InChI=1S/C20H21N7O2S/c1-26-13-18(11-23-26)15-4-3-5-16(8-15)20-21-9-17(10-22-20)19-12-24-27(14-19)7-6-25-30(2,28)29/h3-5,8-14H,6-7H2,1-2H3,(H-,25,28,29)/p+1. The second kappa shape index (κ2) is 8.27. The minimum absolute atomic E-state index is 0.343. The monoisotopic (exact) mass is 424 g/mol. The van der Waals surface area contributed by atoms with Crippen molar-refractivity contribution in [2.75, 3.05) is 12.8 Å². The summed E-state index contributed by atoms with van der Waals surface area (Å²) in [6.07, 6.45) is 12.2. The number of nitrogens with one attached hydrogen (secondary N) is 1. The van der Waals surface area contributed by atoms with Gasteiger partial charge in [-0.05, 0) is 15.8 Å². The van der Waals surface area contributed by atoms with E-state index in [1.807, 2.05) is 49.9 Å². The van der Waals surface area contributed by atoms with E-state index in [9.17, 15) is 8.76 Å². The zero-order chi connectivity index (χ0) is 21.1. The highest BCUT2D eigenvalue weighted by atomic mass is 32.3. The number of rotatable bonds is 7. The lowest BCUT2D eigenvalue weighted by Crippen LogP contribution is -2.31. The highest BCUT2D eigenvalue weighted by Gasteiger charge is 2.14. The molecule has 0 bridgehead atoms. The first-order chi connectivity index (χ1) is 14.4. The number of hydrogen-bond donors (Lipinski definition) is 2. The van der Waals surface area contributed by atoms with E-state index in [1.54, 1.807) is 28.0 Å². The molecule has 0 aliphatic carbocycles. The van der Waals surface area contributed by atoms with Crippen molar-refractivity contribution in [3.63, 3.8) is 0 Å². The summed E-state index contributed by atoms with van der Waals surface area (Å²) in [5.74, 6) is 0.640. The lowest BCUT2D eigenvalue weighted by atomic mass is 10.1. The number of aromatic nitrogens is 6. The third-order valence-corrected chi connectivity index (χ3v) is 5.23. The van der Waals surface area contributed by atoms with Crippen LogP contribution >= 0.6 is 0 Å². The van der Waals surface area contributed by atoms with E-state index in [-0.39, 0.29) is 0 Å². The summed E-state index contributed by atoms with van der Waals surface area (Å²) in [5.41, 5.74) is 4.76. The minimum atomic E-state index is -2.96. The summed E-state index contributed by atoms with van der Waals surface area (Å²) in [7, 11) is -1.07. The zero-order valence-electron chi connectivity index (χ0n) is 16.6. The van der Waals surface area contributed by atoms with Crippen LogP contribution in [-0.4, -0.2) is 46.9 Å². The molecule has 4 rings (SSSR count). The van der Waals surface area contributed by atoms with Crippen molar-refractivity contribution >= 4 is 10.4 Å². The third kappa shape index (κ3) is 4.85. The van der Waals surface area contributed by atoms with Gasteiger partial charge in [0.05, 0.1) is 25.5 Å². The van der Waals surface area contributed by atoms with E-state index in [0.717, 1.165) is 27.8 Å².